The fraction of sp³-hybridized carbons (Fsp3) is 0.263. The van der Waals surface area contributed by atoms with E-state index in [0.29, 0.717) is 11.1 Å². The smallest absolute Gasteiger partial charge is 0.312 e. The number of hydrogen-bond donors (Lipinski definition) is 2. The number of carboxylic acid groups (broad SMARTS) is 1. The molecular formula is C19H21NO4. The highest BCUT2D eigenvalue weighted by Crippen LogP contribution is 2.24. The monoisotopic (exact) mass is 327 g/mol. The van der Waals surface area contributed by atoms with Crippen molar-refractivity contribution in [2.75, 3.05) is 13.7 Å². The molecule has 1 atom stereocenters. The summed E-state index contributed by atoms with van der Waals surface area (Å²) < 4.78 is 5.29. The summed E-state index contributed by atoms with van der Waals surface area (Å²) >= 11 is 0. The second-order valence-corrected chi connectivity index (χ2v) is 5.65. The molecule has 0 aromatic heterocycles. The van der Waals surface area contributed by atoms with Gasteiger partial charge in [-0.05, 0) is 42.7 Å². The van der Waals surface area contributed by atoms with Gasteiger partial charge in [-0.1, -0.05) is 30.3 Å². The number of nitrogens with one attached hydrogen (secondary N) is 1. The van der Waals surface area contributed by atoms with Gasteiger partial charge in [0.05, 0.1) is 13.0 Å². The molecule has 5 heteroatoms. The molecule has 0 fully saturated rings. The van der Waals surface area contributed by atoms with E-state index < -0.39 is 11.9 Å². The summed E-state index contributed by atoms with van der Waals surface area (Å²) in [5.41, 5.74) is 2.87. The number of ether oxygens (including phenoxy) is 1. The number of aliphatic carboxylic acids is 1. The van der Waals surface area contributed by atoms with Crippen molar-refractivity contribution in [3.8, 4) is 5.75 Å². The summed E-state index contributed by atoms with van der Waals surface area (Å²) in [6.45, 7) is 3.77. The highest BCUT2D eigenvalue weighted by atomic mass is 16.5. The van der Waals surface area contributed by atoms with E-state index in [1.807, 2.05) is 19.9 Å². The zero-order valence-corrected chi connectivity index (χ0v) is 14.0. The Bertz CT molecular complexity index is 717. The molecule has 2 rings (SSSR count). The van der Waals surface area contributed by atoms with Crippen molar-refractivity contribution in [3.05, 3.63) is 64.7 Å². The molecule has 0 radical (unpaired) electrons. The second kappa shape index (κ2) is 7.64. The van der Waals surface area contributed by atoms with Crippen molar-refractivity contribution >= 4 is 11.9 Å². The highest BCUT2D eigenvalue weighted by Gasteiger charge is 2.21. The van der Waals surface area contributed by atoms with Gasteiger partial charge >= 0.3 is 5.97 Å². The summed E-state index contributed by atoms with van der Waals surface area (Å²) in [5.74, 6) is -1.30. The van der Waals surface area contributed by atoms with Crippen LogP contribution in [0, 0.1) is 13.8 Å². The molecule has 1 amide bonds. The molecule has 0 heterocycles. The maximum Gasteiger partial charge on any atom is 0.312 e. The maximum absolute atomic E-state index is 12.4. The molecule has 24 heavy (non-hydrogen) atoms. The topological polar surface area (TPSA) is 75.6 Å². The maximum atomic E-state index is 12.4. The molecule has 0 bridgehead atoms. The first-order valence-corrected chi connectivity index (χ1v) is 7.65. The van der Waals surface area contributed by atoms with Crippen LogP contribution >= 0.6 is 0 Å². The fourth-order valence-electron chi connectivity index (χ4n) is 2.73. The third-order valence-electron chi connectivity index (χ3n) is 3.89. The van der Waals surface area contributed by atoms with E-state index >= 15 is 0 Å². The Morgan fingerprint density at radius 2 is 1.71 bits per heavy atom. The predicted molar refractivity (Wildman–Crippen MR) is 91.6 cm³/mol. The van der Waals surface area contributed by atoms with Gasteiger partial charge in [-0.25, -0.2) is 0 Å². The molecule has 0 aliphatic carbocycles. The van der Waals surface area contributed by atoms with Crippen molar-refractivity contribution in [2.24, 2.45) is 0 Å². The Labute approximate surface area is 141 Å². The summed E-state index contributed by atoms with van der Waals surface area (Å²) in [6.07, 6.45) is 0. The molecule has 2 aromatic carbocycles. The van der Waals surface area contributed by atoms with Gasteiger partial charge in [0.25, 0.3) is 5.91 Å². The highest BCUT2D eigenvalue weighted by molar-refractivity contribution is 5.95. The van der Waals surface area contributed by atoms with Gasteiger partial charge < -0.3 is 15.2 Å². The molecular weight excluding hydrogens is 306 g/mol. The van der Waals surface area contributed by atoms with Gasteiger partial charge in [0.1, 0.15) is 5.75 Å². The lowest BCUT2D eigenvalue weighted by atomic mass is 9.99. The first-order valence-electron chi connectivity index (χ1n) is 7.65. The van der Waals surface area contributed by atoms with Gasteiger partial charge in [0.2, 0.25) is 0 Å². The Balaban J connectivity index is 2.13. The number of carbonyl (C=O) groups excluding carboxylic acids is 1. The number of hydrogen-bond acceptors (Lipinski definition) is 3. The van der Waals surface area contributed by atoms with Gasteiger partial charge in [0, 0.05) is 12.1 Å². The minimum atomic E-state index is -0.969. The number of benzene rings is 2. The Morgan fingerprint density at radius 1 is 1.12 bits per heavy atom. The van der Waals surface area contributed by atoms with Crippen molar-refractivity contribution in [1.29, 1.82) is 0 Å². The van der Waals surface area contributed by atoms with Crippen molar-refractivity contribution in [3.63, 3.8) is 0 Å². The van der Waals surface area contributed by atoms with Crippen molar-refractivity contribution < 1.29 is 19.4 Å². The molecule has 2 aromatic rings. The lowest BCUT2D eigenvalue weighted by Crippen LogP contribution is -2.31. The third kappa shape index (κ3) is 3.93. The first-order chi connectivity index (χ1) is 11.4. The van der Waals surface area contributed by atoms with Crippen LogP contribution in [0.15, 0.2) is 42.5 Å². The van der Waals surface area contributed by atoms with E-state index in [4.69, 9.17) is 4.74 Å². The third-order valence-corrected chi connectivity index (χ3v) is 3.89. The normalized spacial score (nSPS) is 11.6. The lowest BCUT2D eigenvalue weighted by molar-refractivity contribution is -0.138. The summed E-state index contributed by atoms with van der Waals surface area (Å²) in [6, 6.07) is 12.3. The van der Waals surface area contributed by atoms with Crippen LogP contribution in [0.5, 0.6) is 5.75 Å². The summed E-state index contributed by atoms with van der Waals surface area (Å²) in [4.78, 5) is 23.8. The molecule has 0 spiro atoms. The van der Waals surface area contributed by atoms with E-state index in [9.17, 15) is 14.7 Å². The Hall–Kier alpha value is -2.82. The molecule has 2 N–H and O–H groups in total. The Kier molecular flexibility index (Phi) is 5.58. The van der Waals surface area contributed by atoms with E-state index in [1.54, 1.807) is 43.5 Å². The van der Waals surface area contributed by atoms with Crippen LogP contribution < -0.4 is 10.1 Å². The number of rotatable bonds is 6. The fourth-order valence-corrected chi connectivity index (χ4v) is 2.73. The molecule has 0 aliphatic rings. The largest absolute Gasteiger partial charge is 0.496 e. The quantitative estimate of drug-likeness (QED) is 0.855. The zero-order valence-electron chi connectivity index (χ0n) is 14.0. The minimum Gasteiger partial charge on any atom is -0.496 e. The minimum absolute atomic E-state index is 0.0301. The number of carbonyl (C=O) groups is 2. The van der Waals surface area contributed by atoms with Gasteiger partial charge in [-0.3, -0.25) is 9.59 Å². The molecule has 126 valence electrons. The molecule has 5 nitrogen and oxygen atoms in total. The average Bonchev–Trinajstić information content (AvgIpc) is 2.55. The average molecular weight is 327 g/mol. The van der Waals surface area contributed by atoms with E-state index in [2.05, 4.69) is 5.32 Å². The van der Waals surface area contributed by atoms with Crippen LogP contribution in [0.4, 0.5) is 0 Å². The first kappa shape index (κ1) is 17.5. The molecule has 0 saturated carbocycles. The predicted octanol–water partition coefficient (Wildman–Crippen LogP) is 2.91. The van der Waals surface area contributed by atoms with Crippen LogP contribution in [0.3, 0.4) is 0 Å². The number of carboxylic acids is 1. The number of amides is 1. The van der Waals surface area contributed by atoms with E-state index in [1.165, 1.54) is 0 Å². The van der Waals surface area contributed by atoms with Crippen LogP contribution in [0.1, 0.15) is 33.0 Å². The van der Waals surface area contributed by atoms with Gasteiger partial charge in [-0.2, -0.15) is 0 Å². The standard InChI is InChI=1S/C19H21NO4/c1-12-9-15(10-13(2)17(12)24-3)18(21)20-11-16(19(22)23)14-7-5-4-6-8-14/h4-10,16H,11H2,1-3H3,(H,20,21)(H,22,23). The molecule has 1 unspecified atom stereocenters. The molecule has 0 saturated heterocycles. The van der Waals surface area contributed by atoms with Crippen molar-refractivity contribution in [1.82, 2.24) is 5.32 Å². The van der Waals surface area contributed by atoms with E-state index in [-0.39, 0.29) is 12.5 Å². The second-order valence-electron chi connectivity index (χ2n) is 5.65. The van der Waals surface area contributed by atoms with Crippen LogP contribution in [-0.2, 0) is 4.79 Å². The van der Waals surface area contributed by atoms with Crippen LogP contribution in [0.25, 0.3) is 0 Å². The number of methoxy groups -OCH3 is 1. The number of aryl methyl sites for hydroxylation is 2. The SMILES string of the molecule is COc1c(C)cc(C(=O)NCC(C(=O)O)c2ccccc2)cc1C. The Morgan fingerprint density at radius 3 is 2.21 bits per heavy atom. The van der Waals surface area contributed by atoms with E-state index in [0.717, 1.165) is 16.9 Å². The van der Waals surface area contributed by atoms with Gasteiger partial charge in [0.15, 0.2) is 0 Å². The summed E-state index contributed by atoms with van der Waals surface area (Å²) in [5, 5.41) is 12.1. The van der Waals surface area contributed by atoms with Crippen LogP contribution in [-0.4, -0.2) is 30.6 Å². The lowest BCUT2D eigenvalue weighted by Gasteiger charge is -2.15. The zero-order chi connectivity index (χ0) is 17.7. The molecule has 0 aliphatic heterocycles. The van der Waals surface area contributed by atoms with Crippen LogP contribution in [0.2, 0.25) is 0 Å². The van der Waals surface area contributed by atoms with Crippen molar-refractivity contribution in [2.45, 2.75) is 19.8 Å². The van der Waals surface area contributed by atoms with Gasteiger partial charge in [-0.15, -0.1) is 0 Å². The summed E-state index contributed by atoms with van der Waals surface area (Å²) in [7, 11) is 1.59.